The molecule has 0 aromatic heterocycles. The smallest absolute Gasteiger partial charge is 0 e. The molecule has 0 bridgehead atoms. The van der Waals surface area contributed by atoms with Gasteiger partial charge in [-0.1, -0.05) is 0 Å². The minimum atomic E-state index is 0. The van der Waals surface area contributed by atoms with Gasteiger partial charge in [0, 0.05) is 81.7 Å². The summed E-state index contributed by atoms with van der Waals surface area (Å²) in [4.78, 5) is 0. The molecular formula is H9GaNd2O3. The van der Waals surface area contributed by atoms with Crippen molar-refractivity contribution >= 4 is 19.8 Å². The summed E-state index contributed by atoms with van der Waals surface area (Å²) in [5, 5.41) is 0. The van der Waals surface area contributed by atoms with E-state index < -0.39 is 0 Å². The van der Waals surface area contributed by atoms with Crippen LogP contribution in [0.3, 0.4) is 0 Å². The summed E-state index contributed by atoms with van der Waals surface area (Å²) in [6, 6.07) is 0. The Hall–Kier alpha value is 3.22. The summed E-state index contributed by atoms with van der Waals surface area (Å²) in [7, 11) is 0. The molecule has 0 aliphatic rings. The van der Waals surface area contributed by atoms with Gasteiger partial charge in [0.25, 0.3) is 0 Å². The van der Waals surface area contributed by atoms with E-state index in [9.17, 15) is 0 Å². The molecule has 38 valence electrons. The van der Waals surface area contributed by atoms with Crippen LogP contribution in [0.2, 0.25) is 0 Å². The van der Waals surface area contributed by atoms with Crippen molar-refractivity contribution in [3.8, 4) is 0 Å². The first kappa shape index (κ1) is 60.1. The molecule has 0 aliphatic heterocycles. The van der Waals surface area contributed by atoms with Gasteiger partial charge < -0.3 is 16.4 Å². The predicted molar refractivity (Wildman–Crippen MR) is 20.8 cm³/mol. The Morgan fingerprint density at radius 1 is 0.500 bits per heavy atom. The number of rotatable bonds is 0. The van der Waals surface area contributed by atoms with E-state index in [1.807, 2.05) is 0 Å². The first-order valence-electron chi connectivity index (χ1n) is 0. The molecule has 0 saturated heterocycles. The van der Waals surface area contributed by atoms with Gasteiger partial charge in [0.2, 0.25) is 0 Å². The number of hydrogen-bond acceptors (Lipinski definition) is 0. The summed E-state index contributed by atoms with van der Waals surface area (Å²) >= 11 is 0. The molecule has 6 N–H and O–H groups in total. The second-order valence-electron chi connectivity index (χ2n) is 0. The van der Waals surface area contributed by atoms with E-state index in [1.54, 1.807) is 0 Å². The second-order valence-corrected chi connectivity index (χ2v) is 0. The normalized spacial score (nSPS) is 0. The second kappa shape index (κ2) is 41.3. The van der Waals surface area contributed by atoms with Crippen molar-refractivity contribution in [2.24, 2.45) is 0 Å². The fraction of sp³-hybridized carbons (Fsp3) is 0. The third-order valence-electron chi connectivity index (χ3n) is 0. The van der Waals surface area contributed by atoms with E-state index in [4.69, 9.17) is 0 Å². The maximum atomic E-state index is 0. The molecule has 0 fully saturated rings. The van der Waals surface area contributed by atoms with Crippen LogP contribution < -0.4 is 0 Å². The van der Waals surface area contributed by atoms with Crippen LogP contribution in [0.5, 0.6) is 0 Å². The van der Waals surface area contributed by atoms with Crippen molar-refractivity contribution in [2.75, 3.05) is 0 Å². The van der Waals surface area contributed by atoms with Crippen LogP contribution in [0.25, 0.3) is 0 Å². The summed E-state index contributed by atoms with van der Waals surface area (Å²) in [6.45, 7) is 0. The summed E-state index contributed by atoms with van der Waals surface area (Å²) in [5.41, 5.74) is 0. The molecule has 0 aromatic carbocycles. The standard InChI is InChI=1S/Ga.2Nd.3H2O.3H/h;;;3*1H2;;;. The molecule has 6 heavy (non-hydrogen) atoms. The Balaban J connectivity index is 0. The SMILES string of the molecule is O.O.O.[GaH3].[Nd].[Nd]. The topological polar surface area (TPSA) is 94.5 Å². The molecule has 0 rings (SSSR count). The van der Waals surface area contributed by atoms with E-state index in [0.29, 0.717) is 0 Å². The molecule has 0 unspecified atom stereocenters. The van der Waals surface area contributed by atoms with Crippen LogP contribution >= 0.6 is 0 Å². The average Bonchev–Trinajstić information content (AvgIpc) is 0. The van der Waals surface area contributed by atoms with E-state index in [0.717, 1.165) is 0 Å². The van der Waals surface area contributed by atoms with Gasteiger partial charge in [0.1, 0.15) is 0 Å². The molecule has 0 radical (unpaired) electrons. The fourth-order valence-electron chi connectivity index (χ4n) is 0. The minimum absolute atomic E-state index is 0. The van der Waals surface area contributed by atoms with Gasteiger partial charge in [-0.05, 0) is 0 Å². The number of hydrogen-bond donors (Lipinski definition) is 0. The summed E-state index contributed by atoms with van der Waals surface area (Å²) in [6.07, 6.45) is 0. The molecule has 0 amide bonds. The molecule has 3 nitrogen and oxygen atoms in total. The first-order valence-corrected chi connectivity index (χ1v) is 0. The fourth-order valence-corrected chi connectivity index (χ4v) is 0. The Morgan fingerprint density at radius 2 is 0.500 bits per heavy atom. The van der Waals surface area contributed by atoms with Crippen LogP contribution in [-0.2, 0) is 0 Å². The van der Waals surface area contributed by atoms with Gasteiger partial charge in [-0.25, -0.2) is 0 Å². The van der Waals surface area contributed by atoms with Crippen LogP contribution in [0.4, 0.5) is 0 Å². The van der Waals surface area contributed by atoms with Gasteiger partial charge in [0.15, 0.2) is 0 Å². The Morgan fingerprint density at radius 3 is 0.500 bits per heavy atom. The van der Waals surface area contributed by atoms with Crippen molar-refractivity contribution in [3.63, 3.8) is 0 Å². The van der Waals surface area contributed by atoms with Crippen molar-refractivity contribution in [1.29, 1.82) is 0 Å². The zero-order chi connectivity index (χ0) is 0. The van der Waals surface area contributed by atoms with Gasteiger partial charge in [-0.2, -0.15) is 0 Å². The molecule has 6 heteroatoms. The van der Waals surface area contributed by atoms with Crippen molar-refractivity contribution < 1.29 is 98.1 Å². The van der Waals surface area contributed by atoms with Gasteiger partial charge in [-0.3, -0.25) is 0 Å². The molecular weight excluding hydrogens is 406 g/mol. The van der Waals surface area contributed by atoms with Gasteiger partial charge in [-0.15, -0.1) is 0 Å². The van der Waals surface area contributed by atoms with Crippen LogP contribution in [-0.4, -0.2) is 36.2 Å². The zero-order valence-electron chi connectivity index (χ0n) is 2.50. The molecule has 0 aromatic rings. The monoisotopic (exact) mass is 410 g/mol. The molecule has 0 atom stereocenters. The Kier molecular flexibility index (Phi) is 414. The minimum Gasteiger partial charge on any atom is 0 e. The van der Waals surface area contributed by atoms with E-state index >= 15 is 0 Å². The Labute approximate surface area is 115 Å². The van der Waals surface area contributed by atoms with E-state index in [-0.39, 0.29) is 118 Å². The largest absolute Gasteiger partial charge is 0 e. The van der Waals surface area contributed by atoms with Crippen molar-refractivity contribution in [2.45, 2.75) is 0 Å². The molecule has 0 heterocycles. The van der Waals surface area contributed by atoms with Gasteiger partial charge >= 0.3 is 19.8 Å². The van der Waals surface area contributed by atoms with Crippen molar-refractivity contribution in [1.82, 2.24) is 0 Å². The van der Waals surface area contributed by atoms with E-state index in [1.165, 1.54) is 0 Å². The average molecular weight is 415 g/mol. The van der Waals surface area contributed by atoms with Gasteiger partial charge in [0.05, 0.1) is 0 Å². The molecule has 0 spiro atoms. The van der Waals surface area contributed by atoms with E-state index in [2.05, 4.69) is 0 Å². The summed E-state index contributed by atoms with van der Waals surface area (Å²) < 4.78 is 0. The third-order valence-corrected chi connectivity index (χ3v) is 0. The third kappa shape index (κ3) is 27.0. The maximum absolute atomic E-state index is 0. The quantitative estimate of drug-likeness (QED) is 0.365. The molecule has 0 saturated carbocycles. The predicted octanol–water partition coefficient (Wildman–Crippen LogP) is -3.66. The Bertz CT molecular complexity index is 8.75. The summed E-state index contributed by atoms with van der Waals surface area (Å²) in [5.74, 6) is 0. The first-order chi connectivity index (χ1) is 0. The maximum Gasteiger partial charge on any atom is 0 e. The van der Waals surface area contributed by atoms with Crippen molar-refractivity contribution in [3.05, 3.63) is 0 Å². The molecule has 0 aliphatic carbocycles. The zero-order valence-corrected chi connectivity index (χ0v) is 8.92. The van der Waals surface area contributed by atoms with Crippen LogP contribution in [0.1, 0.15) is 0 Å². The van der Waals surface area contributed by atoms with Crippen LogP contribution in [0.15, 0.2) is 0 Å². The van der Waals surface area contributed by atoms with Crippen LogP contribution in [0, 0.1) is 81.7 Å².